The van der Waals surface area contributed by atoms with E-state index in [1.165, 1.54) is 0 Å². The van der Waals surface area contributed by atoms with Crippen molar-refractivity contribution in [2.45, 2.75) is 11.3 Å². The van der Waals surface area contributed by atoms with E-state index in [1.807, 2.05) is 0 Å². The number of nitrogens with zero attached hydrogens (tertiary/aromatic N) is 4. The second-order valence-electron chi connectivity index (χ2n) is 6.20. The van der Waals surface area contributed by atoms with Crippen molar-refractivity contribution in [3.63, 3.8) is 0 Å². The number of aromatic nitrogens is 2. The van der Waals surface area contributed by atoms with Crippen molar-refractivity contribution in [1.82, 2.24) is 19.6 Å². The quantitative estimate of drug-likeness (QED) is 0.709. The molecule has 2 heterocycles. The summed E-state index contributed by atoms with van der Waals surface area (Å²) >= 11 is 0. The smallest absolute Gasteiger partial charge is 0.243 e. The van der Waals surface area contributed by atoms with Gasteiger partial charge in [-0.2, -0.15) is 0 Å². The summed E-state index contributed by atoms with van der Waals surface area (Å²) in [6, 6.07) is 4.19. The Hall–Kier alpha value is -2.17. The van der Waals surface area contributed by atoms with Crippen LogP contribution in [-0.2, 0) is 10.0 Å². The predicted octanol–water partition coefficient (Wildman–Crippen LogP) is 1.25. The molecule has 1 aliphatic heterocycles. The van der Waals surface area contributed by atoms with Gasteiger partial charge in [-0.25, -0.2) is 31.9 Å². The van der Waals surface area contributed by atoms with Crippen LogP contribution in [-0.4, -0.2) is 62.6 Å². The van der Waals surface area contributed by atoms with Gasteiger partial charge in [0.05, 0.1) is 0 Å². The lowest BCUT2D eigenvalue weighted by Crippen LogP contribution is -2.47. The number of nitrogens with one attached hydrogen (secondary N) is 1. The van der Waals surface area contributed by atoms with Crippen LogP contribution in [0.4, 0.5) is 14.7 Å². The first-order valence-electron chi connectivity index (χ1n) is 8.65. The molecular weight excluding hydrogens is 376 g/mol. The zero-order valence-electron chi connectivity index (χ0n) is 14.7. The summed E-state index contributed by atoms with van der Waals surface area (Å²) in [5.41, 5.74) is 0. The number of hydrogen-bond acceptors (Lipinski definition) is 6. The first kappa shape index (κ1) is 19.6. The summed E-state index contributed by atoms with van der Waals surface area (Å²) in [7, 11) is -3.99. The zero-order valence-corrected chi connectivity index (χ0v) is 15.5. The van der Waals surface area contributed by atoms with E-state index >= 15 is 0 Å². The van der Waals surface area contributed by atoms with Gasteiger partial charge in [-0.15, -0.1) is 0 Å². The first-order valence-corrected chi connectivity index (χ1v) is 10.1. The van der Waals surface area contributed by atoms with Crippen LogP contribution in [0.1, 0.15) is 6.42 Å². The lowest BCUT2D eigenvalue weighted by molar-refractivity contribution is 0.254. The SMILES string of the molecule is O=S(=O)(NCCCN1CCN(c2ncccn2)CC1)c1ccc(F)cc1F. The Bertz CT molecular complexity index is 859. The van der Waals surface area contributed by atoms with Crippen LogP contribution >= 0.6 is 0 Å². The van der Waals surface area contributed by atoms with Crippen molar-refractivity contribution in [2.75, 3.05) is 44.2 Å². The molecule has 1 aromatic carbocycles. The minimum atomic E-state index is -3.99. The van der Waals surface area contributed by atoms with Gasteiger partial charge in [0.2, 0.25) is 16.0 Å². The molecule has 27 heavy (non-hydrogen) atoms. The molecule has 7 nitrogen and oxygen atoms in total. The third kappa shape index (κ3) is 5.18. The number of rotatable bonds is 7. The second-order valence-corrected chi connectivity index (χ2v) is 7.94. The summed E-state index contributed by atoms with van der Waals surface area (Å²) in [5.74, 6) is -1.19. The molecule has 1 fully saturated rings. The highest BCUT2D eigenvalue weighted by Gasteiger charge is 2.20. The fourth-order valence-electron chi connectivity index (χ4n) is 2.91. The van der Waals surface area contributed by atoms with E-state index in [0.29, 0.717) is 18.4 Å². The molecule has 2 aromatic rings. The molecule has 0 radical (unpaired) electrons. The highest BCUT2D eigenvalue weighted by Crippen LogP contribution is 2.15. The van der Waals surface area contributed by atoms with Gasteiger partial charge in [0.25, 0.3) is 0 Å². The molecular formula is C17H21F2N5O2S. The minimum absolute atomic E-state index is 0.182. The van der Waals surface area contributed by atoms with Crippen molar-refractivity contribution in [3.05, 3.63) is 48.3 Å². The van der Waals surface area contributed by atoms with Crippen molar-refractivity contribution >= 4 is 16.0 Å². The molecule has 0 atom stereocenters. The van der Waals surface area contributed by atoms with Crippen LogP contribution in [0.25, 0.3) is 0 Å². The fraction of sp³-hybridized carbons (Fsp3) is 0.412. The van der Waals surface area contributed by atoms with E-state index in [2.05, 4.69) is 24.5 Å². The van der Waals surface area contributed by atoms with Crippen molar-refractivity contribution in [1.29, 1.82) is 0 Å². The summed E-state index contributed by atoms with van der Waals surface area (Å²) in [4.78, 5) is 12.3. The fourth-order valence-corrected chi connectivity index (χ4v) is 4.04. The van der Waals surface area contributed by atoms with Gasteiger partial charge in [0.15, 0.2) is 0 Å². The van der Waals surface area contributed by atoms with Gasteiger partial charge in [0, 0.05) is 51.2 Å². The number of hydrogen-bond donors (Lipinski definition) is 1. The summed E-state index contributed by atoms with van der Waals surface area (Å²) in [6.07, 6.45) is 4.01. The molecule has 0 aliphatic carbocycles. The van der Waals surface area contributed by atoms with Gasteiger partial charge in [0.1, 0.15) is 16.5 Å². The molecule has 3 rings (SSSR count). The second kappa shape index (κ2) is 8.68. The van der Waals surface area contributed by atoms with Crippen molar-refractivity contribution in [3.8, 4) is 0 Å². The van der Waals surface area contributed by atoms with Crippen molar-refractivity contribution in [2.24, 2.45) is 0 Å². The monoisotopic (exact) mass is 397 g/mol. The molecule has 0 saturated carbocycles. The van der Waals surface area contributed by atoms with E-state index in [9.17, 15) is 17.2 Å². The third-order valence-corrected chi connectivity index (χ3v) is 5.83. The van der Waals surface area contributed by atoms with Crippen LogP contribution in [0.2, 0.25) is 0 Å². The maximum Gasteiger partial charge on any atom is 0.243 e. The van der Waals surface area contributed by atoms with E-state index in [0.717, 1.165) is 44.9 Å². The standard InChI is InChI=1S/C17H21F2N5O2S/c18-14-3-4-16(15(19)13-14)27(25,26)22-7-2-8-23-9-11-24(12-10-23)17-20-5-1-6-21-17/h1,3-6,13,22H,2,7-12H2. The predicted molar refractivity (Wildman–Crippen MR) is 96.8 cm³/mol. The maximum absolute atomic E-state index is 13.6. The van der Waals surface area contributed by atoms with E-state index in [-0.39, 0.29) is 6.54 Å². The maximum atomic E-state index is 13.6. The lowest BCUT2D eigenvalue weighted by atomic mass is 10.3. The van der Waals surface area contributed by atoms with Gasteiger partial charge < -0.3 is 4.90 Å². The Labute approximate surface area is 157 Å². The molecule has 10 heteroatoms. The van der Waals surface area contributed by atoms with Crippen LogP contribution in [0, 0.1) is 11.6 Å². The largest absolute Gasteiger partial charge is 0.338 e. The topological polar surface area (TPSA) is 78.4 Å². The van der Waals surface area contributed by atoms with Crippen LogP contribution in [0.3, 0.4) is 0 Å². The van der Waals surface area contributed by atoms with Gasteiger partial charge in [-0.1, -0.05) is 0 Å². The number of benzene rings is 1. The average Bonchev–Trinajstić information content (AvgIpc) is 2.66. The summed E-state index contributed by atoms with van der Waals surface area (Å²) in [5, 5.41) is 0. The minimum Gasteiger partial charge on any atom is -0.338 e. The molecule has 1 N–H and O–H groups in total. The molecule has 1 aromatic heterocycles. The zero-order chi connectivity index (χ0) is 19.3. The van der Waals surface area contributed by atoms with Crippen LogP contribution < -0.4 is 9.62 Å². The third-order valence-electron chi connectivity index (χ3n) is 4.33. The molecule has 0 spiro atoms. The normalized spacial score (nSPS) is 15.9. The Morgan fingerprint density at radius 3 is 2.44 bits per heavy atom. The Kier molecular flexibility index (Phi) is 6.30. The molecule has 1 aliphatic rings. The highest BCUT2D eigenvalue weighted by molar-refractivity contribution is 7.89. The molecule has 146 valence electrons. The molecule has 1 saturated heterocycles. The van der Waals surface area contributed by atoms with Crippen LogP contribution in [0.5, 0.6) is 0 Å². The molecule has 0 amide bonds. The van der Waals surface area contributed by atoms with E-state index in [4.69, 9.17) is 0 Å². The first-order chi connectivity index (χ1) is 13.0. The van der Waals surface area contributed by atoms with Gasteiger partial charge >= 0.3 is 0 Å². The number of halogens is 2. The Balaban J connectivity index is 1.42. The highest BCUT2D eigenvalue weighted by atomic mass is 32.2. The van der Waals surface area contributed by atoms with Crippen molar-refractivity contribution < 1.29 is 17.2 Å². The van der Waals surface area contributed by atoms with Gasteiger partial charge in [-0.05, 0) is 31.2 Å². The van der Waals surface area contributed by atoms with Crippen LogP contribution in [0.15, 0.2) is 41.6 Å². The van der Waals surface area contributed by atoms with E-state index in [1.54, 1.807) is 18.5 Å². The number of sulfonamides is 1. The number of piperazine rings is 1. The van der Waals surface area contributed by atoms with E-state index < -0.39 is 26.6 Å². The Morgan fingerprint density at radius 2 is 1.78 bits per heavy atom. The molecule has 0 bridgehead atoms. The average molecular weight is 397 g/mol. The number of anilines is 1. The summed E-state index contributed by atoms with van der Waals surface area (Å²) < 4.78 is 53.1. The summed E-state index contributed by atoms with van der Waals surface area (Å²) in [6.45, 7) is 4.17. The Morgan fingerprint density at radius 1 is 1.07 bits per heavy atom. The lowest BCUT2D eigenvalue weighted by Gasteiger charge is -2.34. The molecule has 0 unspecified atom stereocenters. The van der Waals surface area contributed by atoms with Gasteiger partial charge in [-0.3, -0.25) is 4.90 Å².